The van der Waals surface area contributed by atoms with Gasteiger partial charge in [-0.2, -0.15) is 10.2 Å². The van der Waals surface area contributed by atoms with Gasteiger partial charge in [-0.3, -0.25) is 9.48 Å². The average molecular weight is 324 g/mol. The van der Waals surface area contributed by atoms with Crippen molar-refractivity contribution in [3.05, 3.63) is 58.9 Å². The maximum Gasteiger partial charge on any atom is 0.225 e. The van der Waals surface area contributed by atoms with Gasteiger partial charge in [0.05, 0.1) is 17.8 Å². The highest BCUT2D eigenvalue weighted by molar-refractivity contribution is 5.75. The number of nitrogens with two attached hydrogens (primary N) is 1. The summed E-state index contributed by atoms with van der Waals surface area (Å²) in [6, 6.07) is 7.93. The summed E-state index contributed by atoms with van der Waals surface area (Å²) in [7, 11) is 1.89. The SMILES string of the molecule is Cc1ccccc1-n1nc(CC(N)=O)nc1Cc1cn(C)nc1C. The highest BCUT2D eigenvalue weighted by atomic mass is 16.1. The minimum atomic E-state index is -0.443. The lowest BCUT2D eigenvalue weighted by atomic mass is 10.1. The molecule has 0 radical (unpaired) electrons. The van der Waals surface area contributed by atoms with Gasteiger partial charge in [0.15, 0.2) is 5.82 Å². The zero-order chi connectivity index (χ0) is 17.3. The largest absolute Gasteiger partial charge is 0.369 e. The minimum Gasteiger partial charge on any atom is -0.369 e. The fourth-order valence-corrected chi connectivity index (χ4v) is 2.72. The van der Waals surface area contributed by atoms with Crippen molar-refractivity contribution in [3.8, 4) is 5.69 Å². The second-order valence-corrected chi connectivity index (χ2v) is 5.88. The second kappa shape index (κ2) is 6.27. The maximum atomic E-state index is 11.2. The highest BCUT2D eigenvalue weighted by Crippen LogP contribution is 2.18. The van der Waals surface area contributed by atoms with Crippen LogP contribution in [0.4, 0.5) is 0 Å². The van der Waals surface area contributed by atoms with Gasteiger partial charge >= 0.3 is 0 Å². The van der Waals surface area contributed by atoms with Crippen molar-refractivity contribution < 1.29 is 4.79 Å². The number of para-hydroxylation sites is 1. The summed E-state index contributed by atoms with van der Waals surface area (Å²) in [6.07, 6.45) is 2.58. The van der Waals surface area contributed by atoms with Crippen molar-refractivity contribution in [2.45, 2.75) is 26.7 Å². The molecule has 0 bridgehead atoms. The van der Waals surface area contributed by atoms with E-state index in [1.807, 2.05) is 51.4 Å². The first-order chi connectivity index (χ1) is 11.4. The van der Waals surface area contributed by atoms with E-state index in [0.717, 1.165) is 28.3 Å². The first kappa shape index (κ1) is 15.9. The van der Waals surface area contributed by atoms with E-state index in [-0.39, 0.29) is 6.42 Å². The van der Waals surface area contributed by atoms with Crippen molar-refractivity contribution in [1.82, 2.24) is 24.5 Å². The van der Waals surface area contributed by atoms with Crippen molar-refractivity contribution in [1.29, 1.82) is 0 Å². The molecule has 2 heterocycles. The summed E-state index contributed by atoms with van der Waals surface area (Å²) in [5.74, 6) is 0.750. The molecule has 0 spiro atoms. The Bertz CT molecular complexity index is 892. The number of carbonyl (C=O) groups excluding carboxylic acids is 1. The number of hydrogen-bond acceptors (Lipinski definition) is 4. The molecule has 1 amide bonds. The second-order valence-electron chi connectivity index (χ2n) is 5.88. The molecule has 0 aliphatic heterocycles. The fraction of sp³-hybridized carbons (Fsp3) is 0.294. The molecule has 0 atom stereocenters. The first-order valence-electron chi connectivity index (χ1n) is 7.72. The predicted molar refractivity (Wildman–Crippen MR) is 89.7 cm³/mol. The van der Waals surface area contributed by atoms with Crippen LogP contribution in [0.15, 0.2) is 30.5 Å². The van der Waals surface area contributed by atoms with Crippen LogP contribution in [0, 0.1) is 13.8 Å². The lowest BCUT2D eigenvalue weighted by Gasteiger charge is -2.08. The molecular weight excluding hydrogens is 304 g/mol. The molecule has 3 rings (SSSR count). The molecule has 1 aromatic carbocycles. The van der Waals surface area contributed by atoms with Gasteiger partial charge in [-0.15, -0.1) is 0 Å². The molecule has 0 unspecified atom stereocenters. The molecule has 0 saturated heterocycles. The lowest BCUT2D eigenvalue weighted by molar-refractivity contribution is -0.117. The number of carbonyl (C=O) groups is 1. The Morgan fingerprint density at radius 1 is 1.21 bits per heavy atom. The molecule has 3 aromatic rings. The lowest BCUT2D eigenvalue weighted by Crippen LogP contribution is -2.14. The van der Waals surface area contributed by atoms with E-state index in [9.17, 15) is 4.79 Å². The smallest absolute Gasteiger partial charge is 0.225 e. The van der Waals surface area contributed by atoms with Crippen molar-refractivity contribution in [3.63, 3.8) is 0 Å². The van der Waals surface area contributed by atoms with Crippen LogP contribution < -0.4 is 5.73 Å². The van der Waals surface area contributed by atoms with E-state index in [1.54, 1.807) is 9.36 Å². The molecule has 2 N–H and O–H groups in total. The Morgan fingerprint density at radius 2 is 1.96 bits per heavy atom. The van der Waals surface area contributed by atoms with Gasteiger partial charge in [-0.1, -0.05) is 18.2 Å². The third kappa shape index (κ3) is 3.19. The zero-order valence-electron chi connectivity index (χ0n) is 14.0. The van der Waals surface area contributed by atoms with Gasteiger partial charge in [-0.05, 0) is 25.5 Å². The normalized spacial score (nSPS) is 11.0. The van der Waals surface area contributed by atoms with E-state index >= 15 is 0 Å². The monoisotopic (exact) mass is 324 g/mol. The number of rotatable bonds is 5. The van der Waals surface area contributed by atoms with Crippen LogP contribution in [0.25, 0.3) is 5.69 Å². The van der Waals surface area contributed by atoms with E-state index in [4.69, 9.17) is 5.73 Å². The maximum absolute atomic E-state index is 11.2. The molecule has 24 heavy (non-hydrogen) atoms. The Balaban J connectivity index is 2.06. The molecular formula is C17H20N6O. The standard InChI is InChI=1S/C17H20N6O/c1-11-6-4-5-7-14(11)23-17(19-16(21-23)9-15(18)24)8-13-10-22(3)20-12(13)2/h4-7,10H,8-9H2,1-3H3,(H2,18,24). The summed E-state index contributed by atoms with van der Waals surface area (Å²) >= 11 is 0. The van der Waals surface area contributed by atoms with E-state index in [2.05, 4.69) is 15.2 Å². The molecule has 7 heteroatoms. The molecule has 0 aliphatic rings. The Labute approximate surface area is 140 Å². The molecule has 0 saturated carbocycles. The number of hydrogen-bond donors (Lipinski definition) is 1. The van der Waals surface area contributed by atoms with Gasteiger partial charge in [0.2, 0.25) is 5.91 Å². The number of aryl methyl sites for hydroxylation is 3. The summed E-state index contributed by atoms with van der Waals surface area (Å²) < 4.78 is 3.57. The topological polar surface area (TPSA) is 91.6 Å². The van der Waals surface area contributed by atoms with E-state index in [1.165, 1.54) is 0 Å². The fourth-order valence-electron chi connectivity index (χ4n) is 2.72. The Kier molecular flexibility index (Phi) is 4.16. The molecule has 7 nitrogen and oxygen atoms in total. The van der Waals surface area contributed by atoms with Crippen molar-refractivity contribution in [2.24, 2.45) is 12.8 Å². The van der Waals surface area contributed by atoms with Crippen LogP contribution in [0.1, 0.15) is 28.5 Å². The molecule has 2 aromatic heterocycles. The number of primary amides is 1. The summed E-state index contributed by atoms with van der Waals surface area (Å²) in [6.45, 7) is 3.98. The Hall–Kier alpha value is -2.96. The molecule has 124 valence electrons. The Morgan fingerprint density at radius 3 is 2.58 bits per heavy atom. The number of benzene rings is 1. The number of amides is 1. The molecule has 0 aliphatic carbocycles. The van der Waals surface area contributed by atoms with Crippen LogP contribution in [0.3, 0.4) is 0 Å². The van der Waals surface area contributed by atoms with Gasteiger partial charge in [0.1, 0.15) is 5.82 Å². The van der Waals surface area contributed by atoms with E-state index < -0.39 is 5.91 Å². The average Bonchev–Trinajstić information content (AvgIpc) is 3.02. The third-order valence-corrected chi connectivity index (χ3v) is 3.86. The van der Waals surface area contributed by atoms with Gasteiger partial charge in [0, 0.05) is 25.2 Å². The van der Waals surface area contributed by atoms with Gasteiger partial charge in [-0.25, -0.2) is 9.67 Å². The van der Waals surface area contributed by atoms with Crippen molar-refractivity contribution in [2.75, 3.05) is 0 Å². The van der Waals surface area contributed by atoms with Gasteiger partial charge in [0.25, 0.3) is 0 Å². The number of aromatic nitrogens is 5. The summed E-state index contributed by atoms with van der Waals surface area (Å²) in [4.78, 5) is 15.8. The van der Waals surface area contributed by atoms with E-state index in [0.29, 0.717) is 12.2 Å². The van der Waals surface area contributed by atoms with Crippen LogP contribution in [0.5, 0.6) is 0 Å². The van der Waals surface area contributed by atoms with Gasteiger partial charge < -0.3 is 5.73 Å². The van der Waals surface area contributed by atoms with Crippen LogP contribution in [-0.4, -0.2) is 30.5 Å². The van der Waals surface area contributed by atoms with Crippen LogP contribution in [-0.2, 0) is 24.7 Å². The molecule has 0 fully saturated rings. The van der Waals surface area contributed by atoms with Crippen LogP contribution in [0.2, 0.25) is 0 Å². The van der Waals surface area contributed by atoms with Crippen LogP contribution >= 0.6 is 0 Å². The summed E-state index contributed by atoms with van der Waals surface area (Å²) in [5.41, 5.74) is 9.34. The third-order valence-electron chi connectivity index (χ3n) is 3.86. The zero-order valence-corrected chi connectivity index (χ0v) is 14.0. The summed E-state index contributed by atoms with van der Waals surface area (Å²) in [5, 5.41) is 8.86. The van der Waals surface area contributed by atoms with Crippen molar-refractivity contribution >= 4 is 5.91 Å². The highest BCUT2D eigenvalue weighted by Gasteiger charge is 2.16. The number of nitrogens with zero attached hydrogens (tertiary/aromatic N) is 5. The quantitative estimate of drug-likeness (QED) is 0.764. The first-order valence-corrected chi connectivity index (χ1v) is 7.72. The predicted octanol–water partition coefficient (Wildman–Crippen LogP) is 1.24. The minimum absolute atomic E-state index is 0.0257.